The SMILES string of the molecule is COc1ccc(OC)c(C2CCCN2C(=O)C2CC3CCC2C3)c1. The molecule has 0 radical (unpaired) electrons. The standard InChI is InChI=1S/C20H27NO3/c1-23-15-7-8-19(24-2)17(12-15)18-4-3-9-21(18)20(22)16-11-13-5-6-14(16)10-13/h7-8,12-14,16,18H,3-6,9-11H2,1-2H3. The van der Waals surface area contributed by atoms with Gasteiger partial charge in [-0.2, -0.15) is 0 Å². The summed E-state index contributed by atoms with van der Waals surface area (Å²) in [4.78, 5) is 15.4. The maximum Gasteiger partial charge on any atom is 0.226 e. The lowest BCUT2D eigenvalue weighted by Crippen LogP contribution is -2.37. The maximum atomic E-state index is 13.2. The third-order valence-corrected chi connectivity index (χ3v) is 6.39. The van der Waals surface area contributed by atoms with Crippen LogP contribution in [0.25, 0.3) is 0 Å². The number of likely N-dealkylation sites (tertiary alicyclic amines) is 1. The molecule has 4 heteroatoms. The summed E-state index contributed by atoms with van der Waals surface area (Å²) in [6.07, 6.45) is 7.05. The number of hydrogen-bond acceptors (Lipinski definition) is 3. The van der Waals surface area contributed by atoms with Crippen LogP contribution in [0.2, 0.25) is 0 Å². The number of ether oxygens (including phenoxy) is 2. The van der Waals surface area contributed by atoms with E-state index >= 15 is 0 Å². The Labute approximate surface area is 144 Å². The highest BCUT2D eigenvalue weighted by molar-refractivity contribution is 5.80. The molecule has 1 amide bonds. The Kier molecular flexibility index (Phi) is 4.15. The smallest absolute Gasteiger partial charge is 0.226 e. The molecule has 4 nitrogen and oxygen atoms in total. The molecule has 1 aromatic rings. The van der Waals surface area contributed by atoms with Crippen LogP contribution in [-0.4, -0.2) is 31.6 Å². The minimum Gasteiger partial charge on any atom is -0.497 e. The highest BCUT2D eigenvalue weighted by Crippen LogP contribution is 2.50. The number of hydrogen-bond donors (Lipinski definition) is 0. The van der Waals surface area contributed by atoms with Crippen molar-refractivity contribution in [3.8, 4) is 11.5 Å². The first kappa shape index (κ1) is 15.8. The lowest BCUT2D eigenvalue weighted by molar-refractivity contribution is -0.138. The lowest BCUT2D eigenvalue weighted by Gasteiger charge is -2.31. The van der Waals surface area contributed by atoms with E-state index in [1.807, 2.05) is 18.2 Å². The van der Waals surface area contributed by atoms with Crippen molar-refractivity contribution < 1.29 is 14.3 Å². The van der Waals surface area contributed by atoms with Gasteiger partial charge in [0.2, 0.25) is 5.91 Å². The maximum absolute atomic E-state index is 13.2. The van der Waals surface area contributed by atoms with Crippen molar-refractivity contribution in [3.05, 3.63) is 23.8 Å². The molecule has 4 rings (SSSR count). The Morgan fingerprint density at radius 2 is 2.00 bits per heavy atom. The molecule has 1 saturated heterocycles. The fourth-order valence-corrected chi connectivity index (χ4v) is 5.21. The second-order valence-corrected chi connectivity index (χ2v) is 7.58. The minimum atomic E-state index is 0.127. The average molecular weight is 329 g/mol. The van der Waals surface area contributed by atoms with E-state index < -0.39 is 0 Å². The molecular weight excluding hydrogens is 302 g/mol. The van der Waals surface area contributed by atoms with Gasteiger partial charge >= 0.3 is 0 Å². The molecule has 1 aliphatic heterocycles. The molecule has 4 atom stereocenters. The van der Waals surface area contributed by atoms with Gasteiger partial charge in [-0.3, -0.25) is 4.79 Å². The molecule has 4 unspecified atom stereocenters. The molecule has 2 saturated carbocycles. The van der Waals surface area contributed by atoms with E-state index in [0.717, 1.165) is 48.8 Å². The molecule has 1 heterocycles. The van der Waals surface area contributed by atoms with Crippen LogP contribution in [0.5, 0.6) is 11.5 Å². The van der Waals surface area contributed by atoms with Crippen molar-refractivity contribution in [3.63, 3.8) is 0 Å². The van der Waals surface area contributed by atoms with E-state index in [1.165, 1.54) is 19.3 Å². The third-order valence-electron chi connectivity index (χ3n) is 6.39. The van der Waals surface area contributed by atoms with Crippen LogP contribution in [0.1, 0.15) is 50.1 Å². The Morgan fingerprint density at radius 3 is 2.67 bits per heavy atom. The highest BCUT2D eigenvalue weighted by atomic mass is 16.5. The van der Waals surface area contributed by atoms with Crippen LogP contribution in [0.4, 0.5) is 0 Å². The first-order chi connectivity index (χ1) is 11.7. The fraction of sp³-hybridized carbons (Fsp3) is 0.650. The number of carbonyl (C=O) groups is 1. The van der Waals surface area contributed by atoms with E-state index in [9.17, 15) is 4.79 Å². The van der Waals surface area contributed by atoms with Crippen LogP contribution in [-0.2, 0) is 4.79 Å². The van der Waals surface area contributed by atoms with Gasteiger partial charge in [-0.05, 0) is 62.1 Å². The summed E-state index contributed by atoms with van der Waals surface area (Å²) < 4.78 is 11.0. The number of nitrogens with zero attached hydrogens (tertiary/aromatic N) is 1. The predicted molar refractivity (Wildman–Crippen MR) is 92.2 cm³/mol. The summed E-state index contributed by atoms with van der Waals surface area (Å²) in [5.74, 6) is 3.77. The molecule has 0 aromatic heterocycles. The quantitative estimate of drug-likeness (QED) is 0.843. The van der Waals surface area contributed by atoms with Gasteiger partial charge in [0.15, 0.2) is 0 Å². The van der Waals surface area contributed by atoms with Crippen LogP contribution in [0, 0.1) is 17.8 Å². The first-order valence-corrected chi connectivity index (χ1v) is 9.23. The second kappa shape index (κ2) is 6.30. The molecule has 1 aromatic carbocycles. The molecule has 3 aliphatic rings. The average Bonchev–Trinajstić information content (AvgIpc) is 3.36. The number of benzene rings is 1. The van der Waals surface area contributed by atoms with Gasteiger partial charge < -0.3 is 14.4 Å². The van der Waals surface area contributed by atoms with Crippen molar-refractivity contribution in [2.75, 3.05) is 20.8 Å². The summed E-state index contributed by atoms with van der Waals surface area (Å²) in [5.41, 5.74) is 1.09. The molecule has 2 bridgehead atoms. The van der Waals surface area contributed by atoms with Gasteiger partial charge in [0.1, 0.15) is 11.5 Å². The number of amides is 1. The van der Waals surface area contributed by atoms with Crippen molar-refractivity contribution in [2.24, 2.45) is 17.8 Å². The normalized spacial score (nSPS) is 31.5. The van der Waals surface area contributed by atoms with E-state index in [2.05, 4.69) is 4.90 Å². The zero-order valence-electron chi connectivity index (χ0n) is 14.7. The summed E-state index contributed by atoms with van der Waals surface area (Å²) in [7, 11) is 3.38. The Balaban J connectivity index is 1.60. The van der Waals surface area contributed by atoms with Crippen molar-refractivity contribution >= 4 is 5.91 Å². The number of rotatable bonds is 4. The highest BCUT2D eigenvalue weighted by Gasteiger charge is 2.46. The Morgan fingerprint density at radius 1 is 1.12 bits per heavy atom. The van der Waals surface area contributed by atoms with Crippen LogP contribution in [0.3, 0.4) is 0 Å². The molecule has 3 fully saturated rings. The first-order valence-electron chi connectivity index (χ1n) is 9.23. The Bertz CT molecular complexity index is 629. The summed E-state index contributed by atoms with van der Waals surface area (Å²) in [6, 6.07) is 6.03. The van der Waals surface area contributed by atoms with Crippen LogP contribution in [0.15, 0.2) is 18.2 Å². The van der Waals surface area contributed by atoms with Gasteiger partial charge in [0.25, 0.3) is 0 Å². The molecule has 0 spiro atoms. The van der Waals surface area contributed by atoms with Crippen molar-refractivity contribution in [1.29, 1.82) is 0 Å². The minimum absolute atomic E-state index is 0.127. The van der Waals surface area contributed by atoms with Crippen LogP contribution < -0.4 is 9.47 Å². The summed E-state index contributed by atoms with van der Waals surface area (Å²) >= 11 is 0. The zero-order chi connectivity index (χ0) is 16.7. The van der Waals surface area contributed by atoms with Crippen molar-refractivity contribution in [1.82, 2.24) is 4.90 Å². The monoisotopic (exact) mass is 329 g/mol. The van der Waals surface area contributed by atoms with Gasteiger partial charge in [0.05, 0.1) is 20.3 Å². The van der Waals surface area contributed by atoms with Gasteiger partial charge in [-0.15, -0.1) is 0 Å². The van der Waals surface area contributed by atoms with Gasteiger partial charge in [-0.25, -0.2) is 0 Å². The van der Waals surface area contributed by atoms with Gasteiger partial charge in [0, 0.05) is 18.0 Å². The predicted octanol–water partition coefficient (Wildman–Crippen LogP) is 3.80. The number of carbonyl (C=O) groups excluding carboxylic acids is 1. The zero-order valence-corrected chi connectivity index (χ0v) is 14.7. The molecule has 130 valence electrons. The summed E-state index contributed by atoms with van der Waals surface area (Å²) in [5, 5.41) is 0. The number of methoxy groups -OCH3 is 2. The van der Waals surface area contributed by atoms with Crippen molar-refractivity contribution in [2.45, 2.75) is 44.6 Å². The Hall–Kier alpha value is -1.71. The van der Waals surface area contributed by atoms with Crippen LogP contribution >= 0.6 is 0 Å². The third kappa shape index (κ3) is 2.56. The van der Waals surface area contributed by atoms with E-state index in [1.54, 1.807) is 14.2 Å². The molecule has 0 N–H and O–H groups in total. The van der Waals surface area contributed by atoms with E-state index in [0.29, 0.717) is 11.8 Å². The lowest BCUT2D eigenvalue weighted by atomic mass is 9.87. The van der Waals surface area contributed by atoms with E-state index in [4.69, 9.17) is 9.47 Å². The molecule has 24 heavy (non-hydrogen) atoms. The topological polar surface area (TPSA) is 38.8 Å². The summed E-state index contributed by atoms with van der Waals surface area (Å²) in [6.45, 7) is 0.873. The molecular formula is C20H27NO3. The largest absolute Gasteiger partial charge is 0.497 e. The molecule has 2 aliphatic carbocycles. The second-order valence-electron chi connectivity index (χ2n) is 7.58. The fourth-order valence-electron chi connectivity index (χ4n) is 5.21. The number of fused-ring (bicyclic) bond motifs is 2. The van der Waals surface area contributed by atoms with Gasteiger partial charge in [-0.1, -0.05) is 6.42 Å². The van der Waals surface area contributed by atoms with E-state index in [-0.39, 0.29) is 12.0 Å².